The minimum absolute atomic E-state index is 0.0677. The van der Waals surface area contributed by atoms with E-state index < -0.39 is 0 Å². The van der Waals surface area contributed by atoms with Crippen LogP contribution in [0.5, 0.6) is 0 Å². The number of nitrogens with one attached hydrogen (secondary N) is 1. The van der Waals surface area contributed by atoms with Crippen LogP contribution < -0.4 is 5.32 Å². The molecule has 3 unspecified atom stereocenters. The Bertz CT molecular complexity index is 551. The summed E-state index contributed by atoms with van der Waals surface area (Å²) in [6.45, 7) is 3.76. The van der Waals surface area contributed by atoms with Gasteiger partial charge >= 0.3 is 6.03 Å². The first-order chi connectivity index (χ1) is 12.2. The van der Waals surface area contributed by atoms with E-state index in [0.717, 1.165) is 32.5 Å². The van der Waals surface area contributed by atoms with Gasteiger partial charge in [-0.3, -0.25) is 0 Å². The number of carbonyl (C=O) groups excluding carboxylic acids is 1. The Hall–Kier alpha value is -1.59. The second kappa shape index (κ2) is 8.68. The fourth-order valence-electron chi connectivity index (χ4n) is 4.42. The molecule has 2 fully saturated rings. The molecular weight excluding hydrogens is 314 g/mol. The van der Waals surface area contributed by atoms with Gasteiger partial charge in [0, 0.05) is 38.2 Å². The monoisotopic (exact) mass is 345 g/mol. The van der Waals surface area contributed by atoms with Crippen molar-refractivity contribution in [1.29, 1.82) is 0 Å². The van der Waals surface area contributed by atoms with E-state index in [1.807, 2.05) is 18.2 Å². The van der Waals surface area contributed by atoms with Gasteiger partial charge in [0.2, 0.25) is 0 Å². The standard InChI is InChI=1S/C20H31N3O2/c1-22-12-9-19-18(15-22)8-5-11-23(19)20(25)21-14-17(10-13-24)16-6-3-2-4-7-16/h2-4,6-7,17-19,24H,5,8-15H2,1H3,(H,21,25). The molecule has 0 radical (unpaired) electrons. The molecule has 25 heavy (non-hydrogen) atoms. The third-order valence-corrected chi connectivity index (χ3v) is 5.78. The summed E-state index contributed by atoms with van der Waals surface area (Å²) in [6.07, 6.45) is 4.08. The summed E-state index contributed by atoms with van der Waals surface area (Å²) >= 11 is 0. The number of aliphatic hydroxyl groups excluding tert-OH is 1. The number of urea groups is 1. The van der Waals surface area contributed by atoms with Gasteiger partial charge in [-0.1, -0.05) is 30.3 Å². The fraction of sp³-hybridized carbons (Fsp3) is 0.650. The smallest absolute Gasteiger partial charge is 0.317 e. The number of hydrogen-bond donors (Lipinski definition) is 2. The summed E-state index contributed by atoms with van der Waals surface area (Å²) in [5, 5.41) is 12.5. The van der Waals surface area contributed by atoms with Gasteiger partial charge in [-0.25, -0.2) is 4.79 Å². The van der Waals surface area contributed by atoms with E-state index >= 15 is 0 Å². The Morgan fingerprint density at radius 2 is 2.08 bits per heavy atom. The Morgan fingerprint density at radius 1 is 1.28 bits per heavy atom. The molecule has 2 amide bonds. The van der Waals surface area contributed by atoms with Crippen molar-refractivity contribution in [3.05, 3.63) is 35.9 Å². The van der Waals surface area contributed by atoms with Crippen molar-refractivity contribution >= 4 is 6.03 Å². The number of piperidine rings is 2. The number of rotatable bonds is 5. The van der Waals surface area contributed by atoms with E-state index in [1.165, 1.54) is 12.0 Å². The predicted octanol–water partition coefficient (Wildman–Crippen LogP) is 2.28. The van der Waals surface area contributed by atoms with Crippen LogP contribution in [-0.4, -0.2) is 66.8 Å². The first-order valence-corrected chi connectivity index (χ1v) is 9.58. The van der Waals surface area contributed by atoms with E-state index in [0.29, 0.717) is 24.9 Å². The molecule has 1 aromatic carbocycles. The summed E-state index contributed by atoms with van der Waals surface area (Å²) in [5.41, 5.74) is 1.17. The molecule has 3 rings (SSSR count). The van der Waals surface area contributed by atoms with E-state index in [2.05, 4.69) is 34.3 Å². The number of carbonyl (C=O) groups is 1. The first kappa shape index (κ1) is 18.2. The zero-order valence-corrected chi connectivity index (χ0v) is 15.2. The van der Waals surface area contributed by atoms with Crippen molar-refractivity contribution in [2.24, 2.45) is 5.92 Å². The number of benzene rings is 1. The third kappa shape index (κ3) is 4.53. The zero-order chi connectivity index (χ0) is 17.6. The molecule has 3 atom stereocenters. The molecule has 2 N–H and O–H groups in total. The van der Waals surface area contributed by atoms with Crippen molar-refractivity contribution in [3.63, 3.8) is 0 Å². The van der Waals surface area contributed by atoms with E-state index in [1.54, 1.807) is 0 Å². The molecule has 5 nitrogen and oxygen atoms in total. The lowest BCUT2D eigenvalue weighted by atomic mass is 9.84. The lowest BCUT2D eigenvalue weighted by molar-refractivity contribution is 0.0532. The Labute approximate surface area is 151 Å². The highest BCUT2D eigenvalue weighted by molar-refractivity contribution is 5.74. The van der Waals surface area contributed by atoms with Crippen LogP contribution >= 0.6 is 0 Å². The fourth-order valence-corrected chi connectivity index (χ4v) is 4.42. The Balaban J connectivity index is 1.59. The average Bonchev–Trinajstić information content (AvgIpc) is 2.64. The molecule has 2 aliphatic heterocycles. The summed E-state index contributed by atoms with van der Waals surface area (Å²) in [4.78, 5) is 17.3. The lowest BCUT2D eigenvalue weighted by Gasteiger charge is -2.46. The zero-order valence-electron chi connectivity index (χ0n) is 15.2. The van der Waals surface area contributed by atoms with Crippen molar-refractivity contribution in [2.75, 3.05) is 39.8 Å². The number of aliphatic hydroxyl groups is 1. The predicted molar refractivity (Wildman–Crippen MR) is 99.6 cm³/mol. The maximum atomic E-state index is 12.8. The van der Waals surface area contributed by atoms with Crippen LogP contribution in [0.1, 0.15) is 37.2 Å². The average molecular weight is 345 g/mol. The maximum Gasteiger partial charge on any atom is 0.317 e. The Kier molecular flexibility index (Phi) is 6.32. The van der Waals surface area contributed by atoms with Crippen molar-refractivity contribution in [2.45, 2.75) is 37.6 Å². The number of hydrogen-bond acceptors (Lipinski definition) is 3. The molecule has 0 bridgehead atoms. The summed E-state index contributed by atoms with van der Waals surface area (Å²) in [7, 11) is 2.18. The minimum atomic E-state index is 0.0677. The number of fused-ring (bicyclic) bond motifs is 1. The van der Waals surface area contributed by atoms with Crippen molar-refractivity contribution in [3.8, 4) is 0 Å². The highest BCUT2D eigenvalue weighted by Gasteiger charge is 2.37. The maximum absolute atomic E-state index is 12.8. The largest absolute Gasteiger partial charge is 0.396 e. The molecule has 1 aromatic rings. The minimum Gasteiger partial charge on any atom is -0.396 e. The van der Waals surface area contributed by atoms with Crippen LogP contribution in [0.25, 0.3) is 0 Å². The van der Waals surface area contributed by atoms with E-state index in [9.17, 15) is 9.90 Å². The van der Waals surface area contributed by atoms with Gasteiger partial charge in [-0.2, -0.15) is 0 Å². The number of amides is 2. The highest BCUT2D eigenvalue weighted by Crippen LogP contribution is 2.30. The molecule has 0 spiro atoms. The molecule has 2 aliphatic rings. The number of nitrogens with zero attached hydrogens (tertiary/aromatic N) is 2. The SMILES string of the molecule is CN1CCC2C(CCCN2C(=O)NCC(CCO)c2ccccc2)C1. The summed E-state index contributed by atoms with van der Waals surface area (Å²) in [6, 6.07) is 10.6. The molecule has 2 heterocycles. The Morgan fingerprint density at radius 3 is 2.84 bits per heavy atom. The lowest BCUT2D eigenvalue weighted by Crippen LogP contribution is -2.57. The van der Waals surface area contributed by atoms with Crippen LogP contribution in [-0.2, 0) is 0 Å². The molecule has 5 heteroatoms. The quantitative estimate of drug-likeness (QED) is 0.861. The molecule has 0 aliphatic carbocycles. The molecule has 138 valence electrons. The van der Waals surface area contributed by atoms with Crippen LogP contribution in [0.4, 0.5) is 4.79 Å². The van der Waals surface area contributed by atoms with E-state index in [4.69, 9.17) is 0 Å². The van der Waals surface area contributed by atoms with Crippen LogP contribution in [0.2, 0.25) is 0 Å². The molecular formula is C20H31N3O2. The van der Waals surface area contributed by atoms with Crippen LogP contribution in [0, 0.1) is 5.92 Å². The summed E-state index contributed by atoms with van der Waals surface area (Å²) < 4.78 is 0. The summed E-state index contributed by atoms with van der Waals surface area (Å²) in [5.74, 6) is 0.772. The van der Waals surface area contributed by atoms with Crippen LogP contribution in [0.3, 0.4) is 0 Å². The van der Waals surface area contributed by atoms with Gasteiger partial charge < -0.3 is 20.2 Å². The van der Waals surface area contributed by atoms with Gasteiger partial charge in [0.05, 0.1) is 0 Å². The highest BCUT2D eigenvalue weighted by atomic mass is 16.3. The van der Waals surface area contributed by atoms with Gasteiger partial charge in [0.15, 0.2) is 0 Å². The molecule has 0 saturated carbocycles. The van der Waals surface area contributed by atoms with Crippen molar-refractivity contribution in [1.82, 2.24) is 15.1 Å². The van der Waals surface area contributed by atoms with Gasteiger partial charge in [0.25, 0.3) is 0 Å². The second-order valence-corrected chi connectivity index (χ2v) is 7.52. The van der Waals surface area contributed by atoms with Crippen molar-refractivity contribution < 1.29 is 9.90 Å². The molecule has 0 aromatic heterocycles. The molecule has 2 saturated heterocycles. The van der Waals surface area contributed by atoms with Crippen LogP contribution in [0.15, 0.2) is 30.3 Å². The van der Waals surface area contributed by atoms with E-state index in [-0.39, 0.29) is 18.6 Å². The number of likely N-dealkylation sites (tertiary alicyclic amines) is 2. The topological polar surface area (TPSA) is 55.8 Å². The third-order valence-electron chi connectivity index (χ3n) is 5.78. The van der Waals surface area contributed by atoms with Gasteiger partial charge in [-0.15, -0.1) is 0 Å². The van der Waals surface area contributed by atoms with Gasteiger partial charge in [0.1, 0.15) is 0 Å². The first-order valence-electron chi connectivity index (χ1n) is 9.58. The van der Waals surface area contributed by atoms with Gasteiger partial charge in [-0.05, 0) is 50.8 Å². The second-order valence-electron chi connectivity index (χ2n) is 7.52. The normalized spacial score (nSPS) is 25.3.